The molecule has 18 heavy (non-hydrogen) atoms. The van der Waals surface area contributed by atoms with Crippen molar-refractivity contribution in [1.29, 1.82) is 0 Å². The van der Waals surface area contributed by atoms with E-state index in [2.05, 4.69) is 0 Å². The quantitative estimate of drug-likeness (QED) is 0.637. The Morgan fingerprint density at radius 3 is 1.94 bits per heavy atom. The fourth-order valence-corrected chi connectivity index (χ4v) is 1.37. The van der Waals surface area contributed by atoms with Gasteiger partial charge in [-0.3, -0.25) is 0 Å². The molecule has 1 aromatic carbocycles. The number of ether oxygens (including phenoxy) is 3. The molecular formula is C12H15NaO5. The van der Waals surface area contributed by atoms with Crippen molar-refractivity contribution < 1.29 is 24.1 Å². The van der Waals surface area contributed by atoms with E-state index in [1.165, 1.54) is 27.4 Å². The molecule has 0 unspecified atom stereocenters. The van der Waals surface area contributed by atoms with E-state index < -0.39 is 5.97 Å². The van der Waals surface area contributed by atoms with Crippen molar-refractivity contribution in [3.05, 3.63) is 23.8 Å². The Kier molecular flexibility index (Phi) is 7.50. The molecule has 0 aliphatic rings. The van der Waals surface area contributed by atoms with Crippen molar-refractivity contribution in [2.24, 2.45) is 0 Å². The van der Waals surface area contributed by atoms with Crippen molar-refractivity contribution in [3.8, 4) is 17.2 Å². The summed E-state index contributed by atoms with van der Waals surface area (Å²) in [7, 11) is 4.51. The first-order valence-corrected chi connectivity index (χ1v) is 4.83. The van der Waals surface area contributed by atoms with Crippen LogP contribution in [0.4, 0.5) is 0 Å². The summed E-state index contributed by atoms with van der Waals surface area (Å²) in [6, 6.07) is 3.33. The van der Waals surface area contributed by atoms with E-state index >= 15 is 0 Å². The summed E-state index contributed by atoms with van der Waals surface area (Å²) in [6.45, 7) is 0. The summed E-state index contributed by atoms with van der Waals surface area (Å²) < 4.78 is 15.4. The average Bonchev–Trinajstić information content (AvgIpc) is 2.34. The molecule has 1 aromatic rings. The summed E-state index contributed by atoms with van der Waals surface area (Å²) in [6.07, 6.45) is 2.49. The van der Waals surface area contributed by atoms with Gasteiger partial charge in [-0.1, -0.05) is 0 Å². The average molecular weight is 262 g/mol. The molecular weight excluding hydrogens is 247 g/mol. The van der Waals surface area contributed by atoms with Gasteiger partial charge in [0, 0.05) is 6.08 Å². The van der Waals surface area contributed by atoms with E-state index in [1.54, 1.807) is 12.1 Å². The van der Waals surface area contributed by atoms with E-state index in [1.807, 2.05) is 0 Å². The molecule has 5 nitrogen and oxygen atoms in total. The number of hydrogen-bond acceptors (Lipinski definition) is 4. The Labute approximate surface area is 128 Å². The number of carboxylic acids is 1. The molecule has 0 saturated carbocycles. The van der Waals surface area contributed by atoms with Gasteiger partial charge >= 0.3 is 35.5 Å². The molecule has 0 heterocycles. The number of methoxy groups -OCH3 is 3. The van der Waals surface area contributed by atoms with Crippen LogP contribution in [-0.4, -0.2) is 62.0 Å². The van der Waals surface area contributed by atoms with Crippen LogP contribution in [0, 0.1) is 0 Å². The molecule has 0 bridgehead atoms. The third kappa shape index (κ3) is 4.25. The zero-order chi connectivity index (χ0) is 12.8. The SMILES string of the molecule is COc1cc(C=CC(=O)O)cc(OC)c1OC.[NaH]. The summed E-state index contributed by atoms with van der Waals surface area (Å²) in [5, 5.41) is 8.55. The Hall–Kier alpha value is -1.17. The van der Waals surface area contributed by atoms with Gasteiger partial charge in [0.1, 0.15) is 0 Å². The zero-order valence-electron chi connectivity index (χ0n) is 9.89. The predicted octanol–water partition coefficient (Wildman–Crippen LogP) is 1.16. The maximum atomic E-state index is 10.4. The molecule has 1 rings (SSSR count). The van der Waals surface area contributed by atoms with Crippen LogP contribution in [0.3, 0.4) is 0 Å². The van der Waals surface area contributed by atoms with Crippen LogP contribution in [-0.2, 0) is 4.79 Å². The number of hydrogen-bond donors (Lipinski definition) is 1. The maximum absolute atomic E-state index is 10.4. The van der Waals surface area contributed by atoms with Gasteiger partial charge < -0.3 is 19.3 Å². The molecule has 0 aliphatic carbocycles. The van der Waals surface area contributed by atoms with Gasteiger partial charge in [-0.15, -0.1) is 0 Å². The molecule has 0 atom stereocenters. The molecule has 94 valence electrons. The molecule has 0 spiro atoms. The van der Waals surface area contributed by atoms with Gasteiger partial charge in [0.15, 0.2) is 11.5 Å². The van der Waals surface area contributed by atoms with Gasteiger partial charge in [-0.05, 0) is 23.8 Å². The molecule has 0 aliphatic heterocycles. The van der Waals surface area contributed by atoms with Crippen LogP contribution >= 0.6 is 0 Å². The number of carbonyl (C=O) groups is 1. The first-order chi connectivity index (χ1) is 8.12. The summed E-state index contributed by atoms with van der Waals surface area (Å²) >= 11 is 0. The Bertz CT molecular complexity index is 417. The van der Waals surface area contributed by atoms with Crippen LogP contribution in [0.15, 0.2) is 18.2 Å². The van der Waals surface area contributed by atoms with Gasteiger partial charge in [0.2, 0.25) is 5.75 Å². The van der Waals surface area contributed by atoms with Crippen molar-refractivity contribution in [2.45, 2.75) is 0 Å². The first kappa shape index (κ1) is 16.8. The first-order valence-electron chi connectivity index (χ1n) is 4.83. The monoisotopic (exact) mass is 262 g/mol. The van der Waals surface area contributed by atoms with Gasteiger partial charge in [0.25, 0.3) is 0 Å². The van der Waals surface area contributed by atoms with Crippen LogP contribution in [0.2, 0.25) is 0 Å². The van der Waals surface area contributed by atoms with Crippen LogP contribution in [0.5, 0.6) is 17.2 Å². The van der Waals surface area contributed by atoms with E-state index in [-0.39, 0.29) is 29.6 Å². The second-order valence-corrected chi connectivity index (χ2v) is 3.13. The Morgan fingerprint density at radius 1 is 1.11 bits per heavy atom. The minimum absolute atomic E-state index is 0. The standard InChI is InChI=1S/C12H14O5.Na.H/c1-15-9-6-8(4-5-11(13)14)7-10(16-2)12(9)17-3;;/h4-7H,1-3H3,(H,13,14);;. The number of rotatable bonds is 5. The van der Waals surface area contributed by atoms with Gasteiger partial charge in [-0.25, -0.2) is 4.79 Å². The molecule has 0 radical (unpaired) electrons. The second-order valence-electron chi connectivity index (χ2n) is 3.13. The van der Waals surface area contributed by atoms with E-state index in [0.29, 0.717) is 22.8 Å². The van der Waals surface area contributed by atoms with Crippen molar-refractivity contribution >= 4 is 41.6 Å². The summed E-state index contributed by atoms with van der Waals surface area (Å²) in [4.78, 5) is 10.4. The van der Waals surface area contributed by atoms with Crippen molar-refractivity contribution in [3.63, 3.8) is 0 Å². The molecule has 0 aromatic heterocycles. The summed E-state index contributed by atoms with van der Waals surface area (Å²) in [5.74, 6) is 0.426. The molecule has 0 fully saturated rings. The zero-order valence-corrected chi connectivity index (χ0v) is 9.89. The van der Waals surface area contributed by atoms with Crippen LogP contribution < -0.4 is 14.2 Å². The minimum atomic E-state index is -1.02. The predicted molar refractivity (Wildman–Crippen MR) is 69.9 cm³/mol. The topological polar surface area (TPSA) is 65.0 Å². The third-order valence-corrected chi connectivity index (χ3v) is 2.11. The van der Waals surface area contributed by atoms with Crippen LogP contribution in [0.1, 0.15) is 5.56 Å². The number of aliphatic carboxylic acids is 1. The van der Waals surface area contributed by atoms with Gasteiger partial charge in [0.05, 0.1) is 21.3 Å². The molecule has 0 saturated heterocycles. The van der Waals surface area contributed by atoms with Crippen molar-refractivity contribution in [1.82, 2.24) is 0 Å². The second kappa shape index (κ2) is 8.02. The van der Waals surface area contributed by atoms with Crippen molar-refractivity contribution in [2.75, 3.05) is 21.3 Å². The molecule has 1 N–H and O–H groups in total. The number of carboxylic acid groups (broad SMARTS) is 1. The molecule has 0 amide bonds. The summed E-state index contributed by atoms with van der Waals surface area (Å²) in [5.41, 5.74) is 0.655. The van der Waals surface area contributed by atoms with E-state index in [4.69, 9.17) is 19.3 Å². The van der Waals surface area contributed by atoms with E-state index in [9.17, 15) is 4.79 Å². The Balaban J connectivity index is 0.00000289. The fourth-order valence-electron chi connectivity index (χ4n) is 1.37. The third-order valence-electron chi connectivity index (χ3n) is 2.11. The van der Waals surface area contributed by atoms with Crippen LogP contribution in [0.25, 0.3) is 6.08 Å². The van der Waals surface area contributed by atoms with Gasteiger partial charge in [-0.2, -0.15) is 0 Å². The Morgan fingerprint density at radius 2 is 1.61 bits per heavy atom. The number of benzene rings is 1. The van der Waals surface area contributed by atoms with E-state index in [0.717, 1.165) is 6.08 Å². The fraction of sp³-hybridized carbons (Fsp3) is 0.250. The molecule has 6 heteroatoms. The normalized spacial score (nSPS) is 9.72.